The number of hydrogen-bond donors (Lipinski definition) is 0. The maximum absolute atomic E-state index is 12.2. The molecule has 0 atom stereocenters. The lowest BCUT2D eigenvalue weighted by Crippen LogP contribution is -2.55. The van der Waals surface area contributed by atoms with Crippen molar-refractivity contribution in [3.63, 3.8) is 0 Å². The van der Waals surface area contributed by atoms with Gasteiger partial charge in [-0.05, 0) is 0 Å². The molecule has 0 aliphatic carbocycles. The molecule has 0 heterocycles. The Bertz CT molecular complexity index is 309. The summed E-state index contributed by atoms with van der Waals surface area (Å²) in [4.78, 5) is 0. The van der Waals surface area contributed by atoms with Gasteiger partial charge in [-0.3, -0.25) is 0 Å². The molecule has 9 heteroatoms. The molecule has 1 aromatic rings. The molecule has 1 aromatic carbocycles. The molecule has 0 aromatic heterocycles. The molecule has 2 nitrogen and oxygen atoms in total. The van der Waals surface area contributed by atoms with Crippen LogP contribution in [-0.2, 0) is 0 Å². The van der Waals surface area contributed by atoms with Gasteiger partial charge in [0, 0.05) is 0 Å². The first kappa shape index (κ1) is 18.2. The van der Waals surface area contributed by atoms with Gasteiger partial charge in [-0.1, -0.05) is 35.8 Å². The third-order valence-corrected chi connectivity index (χ3v) is 1.79. The fourth-order valence-electron chi connectivity index (χ4n) is 1.21. The first-order chi connectivity index (χ1) is 6.73. The Balaban J connectivity index is 0. The molecule has 17 heavy (non-hydrogen) atoms. The van der Waals surface area contributed by atoms with Crippen LogP contribution < -0.4 is 5.46 Å². The summed E-state index contributed by atoms with van der Waals surface area (Å²) in [5.74, 6) is 0. The molecule has 0 aliphatic heterocycles. The highest BCUT2D eigenvalue weighted by atomic mass is 19.4. The van der Waals surface area contributed by atoms with Gasteiger partial charge in [0.05, 0.1) is 0 Å². The molecule has 0 radical (unpaired) electrons. The Hall–Kier alpha value is -1.22. The van der Waals surface area contributed by atoms with E-state index in [1.54, 1.807) is 0 Å². The van der Waals surface area contributed by atoms with E-state index < -0.39 is 24.3 Å². The minimum absolute atomic E-state index is 0. The summed E-state index contributed by atoms with van der Waals surface area (Å²) < 4.78 is 73.1. The molecule has 4 N–H and O–H groups in total. The molecule has 0 amide bonds. The lowest BCUT2D eigenvalue weighted by molar-refractivity contribution is -0.101. The smallest absolute Gasteiger partial charge is 0.412 e. The normalized spacial score (nSPS) is 11.2. The average Bonchev–Trinajstić information content (AvgIpc) is 2.00. The Labute approximate surface area is 92.9 Å². The largest absolute Gasteiger partial charge is 0.432 e. The molecular formula is C8H9BF6O2. The number of alkyl halides is 6. The molecular weight excluding hydrogens is 253 g/mol. The van der Waals surface area contributed by atoms with Gasteiger partial charge in [-0.2, -0.15) is 26.3 Å². The summed E-state index contributed by atoms with van der Waals surface area (Å²) in [6, 6.07) is 5.25. The van der Waals surface area contributed by atoms with Crippen molar-refractivity contribution in [2.45, 2.75) is 12.2 Å². The molecule has 0 saturated heterocycles. The van der Waals surface area contributed by atoms with E-state index in [2.05, 4.69) is 0 Å². The zero-order valence-corrected chi connectivity index (χ0v) is 8.23. The van der Waals surface area contributed by atoms with Gasteiger partial charge in [0.1, 0.15) is 0 Å². The molecule has 1 rings (SSSR count). The van der Waals surface area contributed by atoms with Gasteiger partial charge in [0.15, 0.2) is 0 Å². The van der Waals surface area contributed by atoms with Gasteiger partial charge in [0.25, 0.3) is 0 Å². The molecule has 0 spiro atoms. The van der Waals surface area contributed by atoms with Gasteiger partial charge >= 0.3 is 18.9 Å². The van der Waals surface area contributed by atoms with E-state index in [9.17, 15) is 26.3 Å². The molecule has 98 valence electrons. The molecule has 0 aliphatic rings. The van der Waals surface area contributed by atoms with Crippen molar-refractivity contribution < 1.29 is 37.3 Å². The van der Waals surface area contributed by atoms with Gasteiger partial charge in [-0.15, -0.1) is 0 Å². The molecule has 0 saturated carbocycles. The van der Waals surface area contributed by atoms with Crippen molar-refractivity contribution >= 4 is 12.2 Å². The fourth-order valence-corrected chi connectivity index (χ4v) is 1.21. The number of benzene rings is 1. The third kappa shape index (κ3) is 4.66. The monoisotopic (exact) mass is 262 g/mol. The van der Waals surface area contributed by atoms with Crippen molar-refractivity contribution in [2.75, 3.05) is 0 Å². The Morgan fingerprint density at radius 1 is 0.706 bits per heavy atom. The fraction of sp³-hybridized carbons (Fsp3) is 0.250. The summed E-state index contributed by atoms with van der Waals surface area (Å²) >= 11 is 0. The van der Waals surface area contributed by atoms with E-state index in [4.69, 9.17) is 0 Å². The van der Waals surface area contributed by atoms with Gasteiger partial charge in [0.2, 0.25) is 0 Å². The highest BCUT2D eigenvalue weighted by Crippen LogP contribution is 2.31. The van der Waals surface area contributed by atoms with Crippen LogP contribution in [0.25, 0.3) is 0 Å². The maximum Gasteiger partial charge on any atom is 0.432 e. The first-order valence-electron chi connectivity index (χ1n) is 3.91. The predicted octanol–water partition coefficient (Wildman–Crippen LogP) is 0.942. The average molecular weight is 262 g/mol. The Kier molecular flexibility index (Phi) is 6.32. The van der Waals surface area contributed by atoms with Gasteiger partial charge in [-0.25, -0.2) is 0 Å². The van der Waals surface area contributed by atoms with Crippen molar-refractivity contribution in [3.8, 4) is 0 Å². The SMILES string of the molecule is FC(F)(F)B(c1ccccc1)C(F)(F)F.O.O. The maximum atomic E-state index is 12.2. The minimum Gasteiger partial charge on any atom is -0.412 e. The van der Waals surface area contributed by atoms with Crippen LogP contribution in [0, 0.1) is 0 Å². The number of halogens is 6. The van der Waals surface area contributed by atoms with Crippen molar-refractivity contribution in [1.29, 1.82) is 0 Å². The van der Waals surface area contributed by atoms with E-state index in [0.29, 0.717) is 0 Å². The summed E-state index contributed by atoms with van der Waals surface area (Å²) in [7, 11) is 0. The highest BCUT2D eigenvalue weighted by molar-refractivity contribution is 6.76. The minimum atomic E-state index is -5.32. The molecule has 0 bridgehead atoms. The zero-order valence-electron chi connectivity index (χ0n) is 8.23. The van der Waals surface area contributed by atoms with Crippen LogP contribution >= 0.6 is 0 Å². The van der Waals surface area contributed by atoms with E-state index in [1.807, 2.05) is 0 Å². The van der Waals surface area contributed by atoms with Gasteiger partial charge < -0.3 is 11.0 Å². The summed E-state index contributed by atoms with van der Waals surface area (Å²) in [6.07, 6.45) is -10.6. The summed E-state index contributed by atoms with van der Waals surface area (Å²) in [6.45, 7) is -3.41. The summed E-state index contributed by atoms with van der Waals surface area (Å²) in [5.41, 5.74) is -0.794. The Morgan fingerprint density at radius 2 is 1.06 bits per heavy atom. The van der Waals surface area contributed by atoms with Crippen LogP contribution in [-0.4, -0.2) is 29.8 Å². The van der Waals surface area contributed by atoms with Crippen molar-refractivity contribution in [3.05, 3.63) is 30.3 Å². The van der Waals surface area contributed by atoms with Crippen LogP contribution in [0.3, 0.4) is 0 Å². The third-order valence-electron chi connectivity index (χ3n) is 1.79. The second-order valence-corrected chi connectivity index (χ2v) is 2.93. The van der Waals surface area contributed by atoms with Crippen LogP contribution in [0.5, 0.6) is 0 Å². The number of rotatable bonds is 1. The van der Waals surface area contributed by atoms with Crippen LogP contribution in [0.15, 0.2) is 30.3 Å². The standard InChI is InChI=1S/C8H5BF6.2H2O/c10-7(11,12)9(8(13,14)15)6-4-2-1-3-5-6;;/h1-5H;2*1H2. The van der Waals surface area contributed by atoms with Crippen LogP contribution in [0.2, 0.25) is 0 Å². The van der Waals surface area contributed by atoms with E-state index in [0.717, 1.165) is 24.3 Å². The highest BCUT2D eigenvalue weighted by Gasteiger charge is 2.62. The zero-order chi connectivity index (χ0) is 11.7. The van der Waals surface area contributed by atoms with Crippen molar-refractivity contribution in [2.24, 2.45) is 0 Å². The Morgan fingerprint density at radius 3 is 1.35 bits per heavy atom. The summed E-state index contributed by atoms with van der Waals surface area (Å²) in [5, 5.41) is 0. The lowest BCUT2D eigenvalue weighted by Gasteiger charge is -2.19. The van der Waals surface area contributed by atoms with Crippen LogP contribution in [0.4, 0.5) is 26.3 Å². The van der Waals surface area contributed by atoms with E-state index in [1.165, 1.54) is 6.07 Å². The first-order valence-corrected chi connectivity index (χ1v) is 3.91. The van der Waals surface area contributed by atoms with E-state index in [-0.39, 0.29) is 11.0 Å². The molecule has 0 unspecified atom stereocenters. The lowest BCUT2D eigenvalue weighted by atomic mass is 9.43. The van der Waals surface area contributed by atoms with Crippen LogP contribution in [0.1, 0.15) is 0 Å². The topological polar surface area (TPSA) is 63.0 Å². The second-order valence-electron chi connectivity index (χ2n) is 2.93. The second kappa shape index (κ2) is 5.92. The molecule has 0 fully saturated rings. The van der Waals surface area contributed by atoms with Crippen molar-refractivity contribution in [1.82, 2.24) is 0 Å². The quantitative estimate of drug-likeness (QED) is 0.534. The van der Waals surface area contributed by atoms with E-state index >= 15 is 0 Å². The predicted molar refractivity (Wildman–Crippen MR) is 51.2 cm³/mol. The number of hydrogen-bond acceptors (Lipinski definition) is 0.